The Morgan fingerprint density at radius 2 is 2.19 bits per heavy atom. The average Bonchev–Trinajstić information content (AvgIpc) is 3.34. The van der Waals surface area contributed by atoms with Gasteiger partial charge >= 0.3 is 0 Å². The lowest BCUT2D eigenvalue weighted by molar-refractivity contribution is -0.120. The first kappa shape index (κ1) is 15.5. The SMILES string of the molecule is CCCNc1cc(N(C)CCC(=O)NC)nc(C2CC2)n1. The molecule has 1 saturated carbocycles. The van der Waals surface area contributed by atoms with Gasteiger partial charge in [-0.1, -0.05) is 6.92 Å². The third-order valence-electron chi connectivity index (χ3n) is 3.57. The highest BCUT2D eigenvalue weighted by atomic mass is 16.1. The summed E-state index contributed by atoms with van der Waals surface area (Å²) in [6.07, 6.45) is 3.88. The predicted molar refractivity (Wildman–Crippen MR) is 84.7 cm³/mol. The van der Waals surface area contributed by atoms with Gasteiger partial charge in [-0.3, -0.25) is 4.79 Å². The van der Waals surface area contributed by atoms with E-state index in [4.69, 9.17) is 0 Å². The van der Waals surface area contributed by atoms with E-state index in [0.717, 1.165) is 30.4 Å². The molecule has 6 nitrogen and oxygen atoms in total. The second-order valence-corrected chi connectivity index (χ2v) is 5.52. The van der Waals surface area contributed by atoms with E-state index in [1.165, 1.54) is 12.8 Å². The van der Waals surface area contributed by atoms with Crippen LogP contribution in [0.1, 0.15) is 44.3 Å². The van der Waals surface area contributed by atoms with Gasteiger partial charge in [0.2, 0.25) is 5.91 Å². The molecule has 21 heavy (non-hydrogen) atoms. The summed E-state index contributed by atoms with van der Waals surface area (Å²) in [7, 11) is 3.62. The number of hydrogen-bond donors (Lipinski definition) is 2. The van der Waals surface area contributed by atoms with Crippen molar-refractivity contribution in [1.82, 2.24) is 15.3 Å². The Balaban J connectivity index is 2.08. The summed E-state index contributed by atoms with van der Waals surface area (Å²) in [6, 6.07) is 1.96. The summed E-state index contributed by atoms with van der Waals surface area (Å²) in [5.74, 6) is 3.25. The Hall–Kier alpha value is -1.85. The Bertz CT molecular complexity index is 487. The zero-order chi connectivity index (χ0) is 15.2. The van der Waals surface area contributed by atoms with Crippen molar-refractivity contribution in [2.45, 2.75) is 38.5 Å². The normalized spacial score (nSPS) is 13.9. The number of anilines is 2. The molecule has 1 aliphatic carbocycles. The fourth-order valence-electron chi connectivity index (χ4n) is 2.02. The van der Waals surface area contributed by atoms with Gasteiger partial charge in [-0.05, 0) is 19.3 Å². The van der Waals surface area contributed by atoms with E-state index >= 15 is 0 Å². The van der Waals surface area contributed by atoms with Crippen LogP contribution in [0.15, 0.2) is 6.07 Å². The Morgan fingerprint density at radius 3 is 2.81 bits per heavy atom. The minimum atomic E-state index is 0.0441. The number of nitrogens with one attached hydrogen (secondary N) is 2. The maximum absolute atomic E-state index is 11.4. The lowest BCUT2D eigenvalue weighted by Gasteiger charge is -2.19. The quantitative estimate of drug-likeness (QED) is 0.763. The number of rotatable bonds is 8. The zero-order valence-electron chi connectivity index (χ0n) is 13.1. The summed E-state index contributed by atoms with van der Waals surface area (Å²) >= 11 is 0. The molecule has 1 aromatic rings. The van der Waals surface area contributed by atoms with Crippen LogP contribution in [0.4, 0.5) is 11.6 Å². The lowest BCUT2D eigenvalue weighted by Crippen LogP contribution is -2.27. The van der Waals surface area contributed by atoms with Gasteiger partial charge in [-0.25, -0.2) is 9.97 Å². The fourth-order valence-corrected chi connectivity index (χ4v) is 2.02. The standard InChI is InChI=1S/C15H25N5O/c1-4-8-17-12-10-13(19-15(18-12)11-5-6-11)20(3)9-7-14(21)16-2/h10-11H,4-9H2,1-3H3,(H,16,21)(H,17,18,19). The number of carbonyl (C=O) groups excluding carboxylic acids is 1. The molecule has 0 spiro atoms. The molecule has 1 heterocycles. The fraction of sp³-hybridized carbons (Fsp3) is 0.667. The average molecular weight is 291 g/mol. The summed E-state index contributed by atoms with van der Waals surface area (Å²) in [5, 5.41) is 5.97. The van der Waals surface area contributed by atoms with Crippen LogP contribution in [0.5, 0.6) is 0 Å². The third-order valence-corrected chi connectivity index (χ3v) is 3.57. The largest absolute Gasteiger partial charge is 0.370 e. The second kappa shape index (κ2) is 7.24. The molecule has 1 aliphatic rings. The predicted octanol–water partition coefficient (Wildman–Crippen LogP) is 1.75. The monoisotopic (exact) mass is 291 g/mol. The van der Waals surface area contributed by atoms with Gasteiger partial charge in [0.15, 0.2) is 0 Å². The smallest absolute Gasteiger partial charge is 0.221 e. The van der Waals surface area contributed by atoms with Crippen molar-refractivity contribution in [3.05, 3.63) is 11.9 Å². The van der Waals surface area contributed by atoms with E-state index in [1.807, 2.05) is 18.0 Å². The third kappa shape index (κ3) is 4.58. The molecule has 0 bridgehead atoms. The zero-order valence-corrected chi connectivity index (χ0v) is 13.1. The van der Waals surface area contributed by atoms with E-state index in [-0.39, 0.29) is 5.91 Å². The van der Waals surface area contributed by atoms with Crippen LogP contribution in [-0.2, 0) is 4.79 Å². The summed E-state index contributed by atoms with van der Waals surface area (Å²) < 4.78 is 0. The molecule has 0 aliphatic heterocycles. The summed E-state index contributed by atoms with van der Waals surface area (Å²) in [6.45, 7) is 3.68. The molecule has 0 aromatic carbocycles. The van der Waals surface area contributed by atoms with Gasteiger partial charge in [0.1, 0.15) is 17.5 Å². The van der Waals surface area contributed by atoms with Crippen LogP contribution < -0.4 is 15.5 Å². The van der Waals surface area contributed by atoms with E-state index in [2.05, 4.69) is 27.5 Å². The molecule has 6 heteroatoms. The van der Waals surface area contributed by atoms with Crippen LogP contribution in [0, 0.1) is 0 Å². The Labute approximate surface area is 126 Å². The molecule has 0 atom stereocenters. The van der Waals surface area contributed by atoms with Gasteiger partial charge in [0, 0.05) is 45.6 Å². The molecule has 116 valence electrons. The van der Waals surface area contributed by atoms with E-state index < -0.39 is 0 Å². The molecule has 2 rings (SSSR count). The van der Waals surface area contributed by atoms with Gasteiger partial charge < -0.3 is 15.5 Å². The summed E-state index contributed by atoms with van der Waals surface area (Å²) in [4.78, 5) is 22.6. The summed E-state index contributed by atoms with van der Waals surface area (Å²) in [5.41, 5.74) is 0. The molecule has 0 saturated heterocycles. The number of hydrogen-bond acceptors (Lipinski definition) is 5. The topological polar surface area (TPSA) is 70.2 Å². The van der Waals surface area contributed by atoms with Crippen molar-refractivity contribution >= 4 is 17.5 Å². The maximum Gasteiger partial charge on any atom is 0.221 e. The molecule has 1 amide bonds. The van der Waals surface area contributed by atoms with E-state index in [0.29, 0.717) is 18.9 Å². The Morgan fingerprint density at radius 1 is 1.43 bits per heavy atom. The first-order valence-corrected chi connectivity index (χ1v) is 7.68. The lowest BCUT2D eigenvalue weighted by atomic mass is 10.3. The van der Waals surface area contributed by atoms with E-state index in [9.17, 15) is 4.79 Å². The minimum Gasteiger partial charge on any atom is -0.370 e. The number of nitrogens with zero attached hydrogens (tertiary/aromatic N) is 3. The number of amides is 1. The molecule has 0 unspecified atom stereocenters. The maximum atomic E-state index is 11.4. The van der Waals surface area contributed by atoms with E-state index in [1.54, 1.807) is 7.05 Å². The van der Waals surface area contributed by atoms with Crippen molar-refractivity contribution in [1.29, 1.82) is 0 Å². The molecular weight excluding hydrogens is 266 g/mol. The highest BCUT2D eigenvalue weighted by Gasteiger charge is 2.27. The first-order valence-electron chi connectivity index (χ1n) is 7.68. The van der Waals surface area contributed by atoms with Crippen molar-refractivity contribution in [3.63, 3.8) is 0 Å². The highest BCUT2D eigenvalue weighted by Crippen LogP contribution is 2.39. The van der Waals surface area contributed by atoms with Gasteiger partial charge in [0.05, 0.1) is 0 Å². The Kier molecular flexibility index (Phi) is 5.36. The van der Waals surface area contributed by atoms with Crippen molar-refractivity contribution in [3.8, 4) is 0 Å². The molecule has 1 aromatic heterocycles. The number of aromatic nitrogens is 2. The molecular formula is C15H25N5O. The van der Waals surface area contributed by atoms with Gasteiger partial charge in [-0.15, -0.1) is 0 Å². The van der Waals surface area contributed by atoms with Crippen molar-refractivity contribution in [2.24, 2.45) is 0 Å². The van der Waals surface area contributed by atoms with Gasteiger partial charge in [-0.2, -0.15) is 0 Å². The van der Waals surface area contributed by atoms with Crippen LogP contribution in [0.2, 0.25) is 0 Å². The first-order chi connectivity index (χ1) is 10.1. The molecule has 1 fully saturated rings. The van der Waals surface area contributed by atoms with Crippen LogP contribution in [-0.4, -0.2) is 43.1 Å². The van der Waals surface area contributed by atoms with Crippen LogP contribution >= 0.6 is 0 Å². The molecule has 2 N–H and O–H groups in total. The van der Waals surface area contributed by atoms with Crippen LogP contribution in [0.3, 0.4) is 0 Å². The van der Waals surface area contributed by atoms with Crippen molar-refractivity contribution in [2.75, 3.05) is 37.4 Å². The molecule has 0 radical (unpaired) electrons. The second-order valence-electron chi connectivity index (χ2n) is 5.52. The van der Waals surface area contributed by atoms with Gasteiger partial charge in [0.25, 0.3) is 0 Å². The van der Waals surface area contributed by atoms with Crippen molar-refractivity contribution < 1.29 is 4.79 Å². The van der Waals surface area contributed by atoms with Crippen LogP contribution in [0.25, 0.3) is 0 Å². The number of carbonyl (C=O) groups is 1. The highest BCUT2D eigenvalue weighted by molar-refractivity contribution is 5.76. The minimum absolute atomic E-state index is 0.0441.